The van der Waals surface area contributed by atoms with E-state index in [-0.39, 0.29) is 11.1 Å². The molecule has 0 bridgehead atoms. The first-order valence-corrected chi connectivity index (χ1v) is 8.39. The zero-order chi connectivity index (χ0) is 22.7. The Kier molecular flexibility index (Phi) is 7.06. The number of carbonyl (C=O) groups is 1. The number of rotatable bonds is 7. The Hall–Kier alpha value is -2.69. The molecule has 0 aromatic heterocycles. The largest absolute Gasteiger partial charge is 0.416 e. The monoisotopic (exact) mass is 441 g/mol. The summed E-state index contributed by atoms with van der Waals surface area (Å²) in [5.41, 5.74) is -0.932. The zero-order valence-electron chi connectivity index (χ0n) is 14.9. The molecule has 164 valence electrons. The second-order valence-corrected chi connectivity index (χ2v) is 6.40. The van der Waals surface area contributed by atoms with E-state index in [1.165, 1.54) is 0 Å². The lowest BCUT2D eigenvalue weighted by Crippen LogP contribution is -2.51. The summed E-state index contributed by atoms with van der Waals surface area (Å²) in [5, 5.41) is 12.0. The van der Waals surface area contributed by atoms with E-state index in [2.05, 4.69) is 0 Å². The Bertz CT molecular complexity index is 850. The number of aliphatic hydroxyl groups excluding tert-OH is 1. The third-order valence-corrected chi connectivity index (χ3v) is 4.22. The van der Waals surface area contributed by atoms with Crippen LogP contribution in [0.3, 0.4) is 0 Å². The summed E-state index contributed by atoms with van der Waals surface area (Å²) in [7, 11) is 0. The quantitative estimate of drug-likeness (QED) is 0.622. The number of halogens is 8. The van der Waals surface area contributed by atoms with Gasteiger partial charge in [0.1, 0.15) is 5.82 Å². The van der Waals surface area contributed by atoms with Gasteiger partial charge in [-0.15, -0.1) is 0 Å². The van der Waals surface area contributed by atoms with Crippen molar-refractivity contribution in [3.05, 3.63) is 71.0 Å². The average Bonchev–Trinajstić information content (AvgIpc) is 2.67. The van der Waals surface area contributed by atoms with Gasteiger partial charge in [0, 0.05) is 0 Å². The maximum absolute atomic E-state index is 13.3. The predicted octanol–water partition coefficient (Wildman–Crippen LogP) is 4.51. The minimum Gasteiger partial charge on any atom is -0.386 e. The van der Waals surface area contributed by atoms with Gasteiger partial charge in [0.2, 0.25) is 0 Å². The van der Waals surface area contributed by atoms with Crippen LogP contribution in [-0.4, -0.2) is 29.4 Å². The van der Waals surface area contributed by atoms with Gasteiger partial charge in [0.15, 0.2) is 0 Å². The minimum absolute atomic E-state index is 0.0334. The molecule has 0 aliphatic carbocycles. The molecule has 0 heterocycles. The highest BCUT2D eigenvalue weighted by atomic mass is 19.4. The van der Waals surface area contributed by atoms with Crippen molar-refractivity contribution in [2.24, 2.45) is 0 Å². The van der Waals surface area contributed by atoms with E-state index in [4.69, 9.17) is 0 Å². The van der Waals surface area contributed by atoms with E-state index >= 15 is 0 Å². The molecule has 0 saturated heterocycles. The Morgan fingerprint density at radius 1 is 0.933 bits per heavy atom. The van der Waals surface area contributed by atoms with Crippen molar-refractivity contribution in [1.29, 1.82) is 0 Å². The van der Waals surface area contributed by atoms with Crippen LogP contribution in [0.15, 0.2) is 48.5 Å². The first-order valence-electron chi connectivity index (χ1n) is 8.39. The molecule has 0 aliphatic heterocycles. The highest BCUT2D eigenvalue weighted by Gasteiger charge is 2.49. The molecule has 11 heteroatoms. The lowest BCUT2D eigenvalue weighted by Gasteiger charge is -2.27. The van der Waals surface area contributed by atoms with Crippen molar-refractivity contribution in [2.75, 3.05) is 0 Å². The van der Waals surface area contributed by atoms with Gasteiger partial charge in [-0.05, 0) is 41.8 Å². The molecule has 30 heavy (non-hydrogen) atoms. The van der Waals surface area contributed by atoms with Crippen LogP contribution in [0.4, 0.5) is 35.1 Å². The Morgan fingerprint density at radius 3 is 1.93 bits per heavy atom. The van der Waals surface area contributed by atoms with Crippen LogP contribution in [0, 0.1) is 5.82 Å². The number of hydrogen-bond donors (Lipinski definition) is 2. The number of nitrogens with one attached hydrogen (secondary N) is 1. The number of aliphatic hydroxyl groups is 1. The maximum atomic E-state index is 13.3. The van der Waals surface area contributed by atoms with Crippen LogP contribution >= 0.6 is 0 Å². The first-order chi connectivity index (χ1) is 13.8. The minimum atomic E-state index is -5.05. The molecule has 0 saturated carbocycles. The van der Waals surface area contributed by atoms with E-state index in [1.807, 2.05) is 0 Å². The summed E-state index contributed by atoms with van der Waals surface area (Å²) < 4.78 is 103. The van der Waals surface area contributed by atoms with Gasteiger partial charge in [-0.25, -0.2) is 13.2 Å². The van der Waals surface area contributed by atoms with Crippen molar-refractivity contribution in [3.63, 3.8) is 0 Å². The first kappa shape index (κ1) is 23.6. The van der Waals surface area contributed by atoms with Crippen LogP contribution in [-0.2, 0) is 17.4 Å². The van der Waals surface area contributed by atoms with E-state index in [0.29, 0.717) is 12.1 Å². The summed E-state index contributed by atoms with van der Waals surface area (Å²) in [6, 6.07) is 5.79. The SMILES string of the molecule is O=C(NC(Cc1ccc(C(F)(F)F)cc1)C(O)c1ccc(F)cc1)C(F)(F)C(F)F. The highest BCUT2D eigenvalue weighted by Crippen LogP contribution is 2.30. The molecule has 2 unspecified atom stereocenters. The fraction of sp³-hybridized carbons (Fsp3) is 0.316. The van der Waals surface area contributed by atoms with Crippen molar-refractivity contribution < 1.29 is 45.0 Å². The van der Waals surface area contributed by atoms with Crippen molar-refractivity contribution in [3.8, 4) is 0 Å². The second-order valence-electron chi connectivity index (χ2n) is 6.40. The van der Waals surface area contributed by atoms with Crippen LogP contribution in [0.5, 0.6) is 0 Å². The molecular formula is C19H15F8NO2. The van der Waals surface area contributed by atoms with Gasteiger partial charge < -0.3 is 10.4 Å². The summed E-state index contributed by atoms with van der Waals surface area (Å²) >= 11 is 0. The molecule has 2 N–H and O–H groups in total. The fourth-order valence-electron chi connectivity index (χ4n) is 2.58. The lowest BCUT2D eigenvalue weighted by molar-refractivity contribution is -0.170. The highest BCUT2D eigenvalue weighted by molar-refractivity contribution is 5.84. The average molecular weight is 441 g/mol. The summed E-state index contributed by atoms with van der Waals surface area (Å²) in [6.45, 7) is 0. The predicted molar refractivity (Wildman–Crippen MR) is 89.4 cm³/mol. The van der Waals surface area contributed by atoms with E-state index in [9.17, 15) is 45.0 Å². The van der Waals surface area contributed by atoms with E-state index < -0.39 is 54.4 Å². The van der Waals surface area contributed by atoms with Gasteiger partial charge in [-0.1, -0.05) is 24.3 Å². The number of benzene rings is 2. The van der Waals surface area contributed by atoms with Crippen molar-refractivity contribution >= 4 is 5.91 Å². The van der Waals surface area contributed by atoms with Gasteiger partial charge in [0.05, 0.1) is 17.7 Å². The summed E-state index contributed by atoms with van der Waals surface area (Å²) in [5.74, 6) is -8.10. The molecule has 1 amide bonds. The third kappa shape index (κ3) is 5.68. The van der Waals surface area contributed by atoms with Gasteiger partial charge in [-0.3, -0.25) is 4.79 Å². The number of alkyl halides is 7. The molecule has 2 rings (SSSR count). The standard InChI is InChI=1S/C19H15F8NO2/c20-13-7-3-11(4-8-13)15(29)14(28-17(30)18(23,24)16(21)22)9-10-1-5-12(6-2-10)19(25,26)27/h1-8,14-16,29H,9H2,(H,28,30). The molecule has 0 spiro atoms. The molecule has 0 fully saturated rings. The van der Waals surface area contributed by atoms with Crippen molar-refractivity contribution in [2.45, 2.75) is 37.1 Å². The van der Waals surface area contributed by atoms with Gasteiger partial charge in [0.25, 0.3) is 5.91 Å². The van der Waals surface area contributed by atoms with Crippen molar-refractivity contribution in [1.82, 2.24) is 5.32 Å². The number of carbonyl (C=O) groups excluding carboxylic acids is 1. The van der Waals surface area contributed by atoms with Crippen LogP contribution in [0.1, 0.15) is 22.8 Å². The molecule has 0 aliphatic rings. The van der Waals surface area contributed by atoms with Crippen LogP contribution in [0.2, 0.25) is 0 Å². The second kappa shape index (κ2) is 8.99. The molecule has 3 nitrogen and oxygen atoms in total. The molecule has 2 atom stereocenters. The zero-order valence-corrected chi connectivity index (χ0v) is 14.9. The Morgan fingerprint density at radius 2 is 1.47 bits per heavy atom. The smallest absolute Gasteiger partial charge is 0.386 e. The topological polar surface area (TPSA) is 49.3 Å². The Labute approximate surface area is 165 Å². The van der Waals surface area contributed by atoms with Crippen LogP contribution in [0.25, 0.3) is 0 Å². The normalized spacial score (nSPS) is 14.5. The fourth-order valence-corrected chi connectivity index (χ4v) is 2.58. The van der Waals surface area contributed by atoms with Gasteiger partial charge >= 0.3 is 18.5 Å². The lowest BCUT2D eigenvalue weighted by atomic mass is 9.95. The third-order valence-electron chi connectivity index (χ3n) is 4.22. The molecule has 2 aromatic rings. The molecule has 0 radical (unpaired) electrons. The molecule has 2 aromatic carbocycles. The van der Waals surface area contributed by atoms with Gasteiger partial charge in [-0.2, -0.15) is 22.0 Å². The molecular weight excluding hydrogens is 426 g/mol. The number of amides is 1. The van der Waals surface area contributed by atoms with Crippen LogP contribution < -0.4 is 5.32 Å². The van der Waals surface area contributed by atoms with E-state index in [1.54, 1.807) is 5.32 Å². The van der Waals surface area contributed by atoms with E-state index in [0.717, 1.165) is 36.4 Å². The summed E-state index contributed by atoms with van der Waals surface area (Å²) in [4.78, 5) is 11.6. The summed E-state index contributed by atoms with van der Waals surface area (Å²) in [6.07, 6.45) is -11.2. The maximum Gasteiger partial charge on any atom is 0.416 e. The number of hydrogen-bond acceptors (Lipinski definition) is 2. The Balaban J connectivity index is 2.30.